The molecule has 0 N–H and O–H groups in total. The summed E-state index contributed by atoms with van der Waals surface area (Å²) < 4.78 is 31.5. The lowest BCUT2D eigenvalue weighted by molar-refractivity contribution is 0.318. The quantitative estimate of drug-likeness (QED) is 0.812. The minimum Gasteiger partial charge on any atom is -0.478 e. The summed E-state index contributed by atoms with van der Waals surface area (Å²) in [6.07, 6.45) is 4.48. The molecule has 0 saturated carbocycles. The summed E-state index contributed by atoms with van der Waals surface area (Å²) in [6, 6.07) is 6.66. The van der Waals surface area contributed by atoms with Gasteiger partial charge in [0.2, 0.25) is 15.9 Å². The Labute approximate surface area is 124 Å². The van der Waals surface area contributed by atoms with E-state index in [1.807, 2.05) is 6.92 Å². The van der Waals surface area contributed by atoms with E-state index in [4.69, 9.17) is 4.74 Å². The SMILES string of the molecule is CCOc1ncccc1CN(C)S(=O)(=O)c1cccnc1. The van der Waals surface area contributed by atoms with E-state index in [9.17, 15) is 8.42 Å². The van der Waals surface area contributed by atoms with Crippen molar-refractivity contribution in [3.8, 4) is 5.88 Å². The maximum atomic E-state index is 12.4. The summed E-state index contributed by atoms with van der Waals surface area (Å²) in [5, 5.41) is 0. The number of hydrogen-bond donors (Lipinski definition) is 0. The van der Waals surface area contributed by atoms with Crippen LogP contribution in [0.1, 0.15) is 12.5 Å². The van der Waals surface area contributed by atoms with Crippen LogP contribution in [0.25, 0.3) is 0 Å². The summed E-state index contributed by atoms with van der Waals surface area (Å²) in [5.74, 6) is 0.452. The van der Waals surface area contributed by atoms with Crippen molar-refractivity contribution in [1.29, 1.82) is 0 Å². The van der Waals surface area contributed by atoms with Crippen LogP contribution < -0.4 is 4.74 Å². The molecule has 0 aliphatic rings. The Kier molecular flexibility index (Phi) is 4.87. The fourth-order valence-electron chi connectivity index (χ4n) is 1.82. The zero-order valence-corrected chi connectivity index (χ0v) is 12.7. The number of nitrogens with zero attached hydrogens (tertiary/aromatic N) is 3. The fourth-order valence-corrected chi connectivity index (χ4v) is 2.93. The van der Waals surface area contributed by atoms with E-state index in [0.717, 1.165) is 0 Å². The zero-order chi connectivity index (χ0) is 15.3. The lowest BCUT2D eigenvalue weighted by atomic mass is 10.3. The van der Waals surface area contributed by atoms with E-state index >= 15 is 0 Å². The molecule has 0 saturated heterocycles. The maximum Gasteiger partial charge on any atom is 0.244 e. The molecule has 0 aliphatic heterocycles. The number of aromatic nitrogens is 2. The van der Waals surface area contributed by atoms with Crippen LogP contribution in [0.5, 0.6) is 5.88 Å². The average Bonchev–Trinajstić information content (AvgIpc) is 2.50. The Morgan fingerprint density at radius 3 is 2.67 bits per heavy atom. The zero-order valence-electron chi connectivity index (χ0n) is 11.9. The first-order chi connectivity index (χ1) is 10.1. The molecule has 2 aromatic rings. The smallest absolute Gasteiger partial charge is 0.244 e. The van der Waals surface area contributed by atoms with Crippen molar-refractivity contribution in [3.05, 3.63) is 48.4 Å². The van der Waals surface area contributed by atoms with E-state index in [0.29, 0.717) is 18.1 Å². The fraction of sp³-hybridized carbons (Fsp3) is 0.286. The molecule has 6 nitrogen and oxygen atoms in total. The monoisotopic (exact) mass is 307 g/mol. The third kappa shape index (κ3) is 3.56. The number of rotatable bonds is 6. The second-order valence-electron chi connectivity index (χ2n) is 4.35. The second-order valence-corrected chi connectivity index (χ2v) is 6.40. The summed E-state index contributed by atoms with van der Waals surface area (Å²) in [6.45, 7) is 2.51. The van der Waals surface area contributed by atoms with Crippen molar-refractivity contribution in [2.24, 2.45) is 0 Å². The summed E-state index contributed by atoms with van der Waals surface area (Å²) in [7, 11) is -2.06. The van der Waals surface area contributed by atoms with Gasteiger partial charge >= 0.3 is 0 Å². The van der Waals surface area contributed by atoms with Gasteiger partial charge in [0.25, 0.3) is 0 Å². The van der Waals surface area contributed by atoms with Gasteiger partial charge in [-0.05, 0) is 25.1 Å². The van der Waals surface area contributed by atoms with Crippen molar-refractivity contribution >= 4 is 10.0 Å². The summed E-state index contributed by atoms with van der Waals surface area (Å²) >= 11 is 0. The van der Waals surface area contributed by atoms with E-state index in [2.05, 4.69) is 9.97 Å². The van der Waals surface area contributed by atoms with Gasteiger partial charge in [0, 0.05) is 37.7 Å². The van der Waals surface area contributed by atoms with Gasteiger partial charge in [-0.2, -0.15) is 4.31 Å². The highest BCUT2D eigenvalue weighted by Crippen LogP contribution is 2.20. The molecule has 0 aromatic carbocycles. The van der Waals surface area contributed by atoms with Gasteiger partial charge in [-0.25, -0.2) is 13.4 Å². The predicted octanol–water partition coefficient (Wildman–Crippen LogP) is 1.70. The van der Waals surface area contributed by atoms with Crippen molar-refractivity contribution in [2.45, 2.75) is 18.4 Å². The number of pyridine rings is 2. The highest BCUT2D eigenvalue weighted by atomic mass is 32.2. The number of ether oxygens (including phenoxy) is 1. The lowest BCUT2D eigenvalue weighted by Crippen LogP contribution is -2.27. The van der Waals surface area contributed by atoms with E-state index < -0.39 is 10.0 Å². The van der Waals surface area contributed by atoms with Crippen LogP contribution in [0.2, 0.25) is 0 Å². The van der Waals surface area contributed by atoms with Crippen molar-refractivity contribution in [2.75, 3.05) is 13.7 Å². The molecule has 2 aromatic heterocycles. The standard InChI is InChI=1S/C14H17N3O3S/c1-3-20-14-12(6-4-9-16-14)11-17(2)21(18,19)13-7-5-8-15-10-13/h4-10H,3,11H2,1-2H3. The molecule has 0 aliphatic carbocycles. The van der Waals surface area contributed by atoms with E-state index in [-0.39, 0.29) is 11.4 Å². The molecule has 0 bridgehead atoms. The molecule has 112 valence electrons. The molecule has 0 radical (unpaired) electrons. The Hall–Kier alpha value is -1.99. The van der Waals surface area contributed by atoms with Crippen LogP contribution in [-0.4, -0.2) is 36.3 Å². The number of hydrogen-bond acceptors (Lipinski definition) is 5. The van der Waals surface area contributed by atoms with Crippen LogP contribution in [-0.2, 0) is 16.6 Å². The first-order valence-electron chi connectivity index (χ1n) is 6.48. The van der Waals surface area contributed by atoms with Gasteiger partial charge in [-0.3, -0.25) is 4.98 Å². The molecule has 2 rings (SSSR count). The highest BCUT2D eigenvalue weighted by molar-refractivity contribution is 7.89. The van der Waals surface area contributed by atoms with E-state index in [1.165, 1.54) is 29.8 Å². The maximum absolute atomic E-state index is 12.4. The normalized spacial score (nSPS) is 11.6. The highest BCUT2D eigenvalue weighted by Gasteiger charge is 2.22. The van der Waals surface area contributed by atoms with Gasteiger partial charge < -0.3 is 4.74 Å². The van der Waals surface area contributed by atoms with Crippen LogP contribution in [0.15, 0.2) is 47.8 Å². The number of sulfonamides is 1. The van der Waals surface area contributed by atoms with Crippen LogP contribution in [0.4, 0.5) is 0 Å². The molecule has 0 amide bonds. The first kappa shape index (κ1) is 15.4. The van der Waals surface area contributed by atoms with Crippen molar-refractivity contribution in [1.82, 2.24) is 14.3 Å². The van der Waals surface area contributed by atoms with Gasteiger partial charge in [0.1, 0.15) is 4.90 Å². The van der Waals surface area contributed by atoms with Gasteiger partial charge in [0.15, 0.2) is 0 Å². The average molecular weight is 307 g/mol. The summed E-state index contributed by atoms with van der Waals surface area (Å²) in [4.78, 5) is 8.13. The van der Waals surface area contributed by atoms with E-state index in [1.54, 1.807) is 24.4 Å². The molecule has 2 heterocycles. The molecule has 0 fully saturated rings. The molecule has 0 spiro atoms. The minimum absolute atomic E-state index is 0.161. The molecule has 21 heavy (non-hydrogen) atoms. The van der Waals surface area contributed by atoms with Crippen LogP contribution in [0.3, 0.4) is 0 Å². The van der Waals surface area contributed by atoms with Gasteiger partial charge in [-0.1, -0.05) is 6.07 Å². The lowest BCUT2D eigenvalue weighted by Gasteiger charge is -2.18. The second kappa shape index (κ2) is 6.64. The molecule has 0 unspecified atom stereocenters. The molecule has 7 heteroatoms. The predicted molar refractivity (Wildman–Crippen MR) is 78.3 cm³/mol. The third-order valence-electron chi connectivity index (χ3n) is 2.87. The van der Waals surface area contributed by atoms with Crippen molar-refractivity contribution in [3.63, 3.8) is 0 Å². The minimum atomic E-state index is -3.58. The van der Waals surface area contributed by atoms with Gasteiger partial charge in [0.05, 0.1) is 6.61 Å². The Morgan fingerprint density at radius 1 is 1.24 bits per heavy atom. The first-order valence-corrected chi connectivity index (χ1v) is 7.92. The van der Waals surface area contributed by atoms with Crippen LogP contribution in [0, 0.1) is 0 Å². The molecular weight excluding hydrogens is 290 g/mol. The Bertz CT molecular complexity index is 690. The summed E-state index contributed by atoms with van der Waals surface area (Å²) in [5.41, 5.74) is 0.717. The van der Waals surface area contributed by atoms with Crippen LogP contribution >= 0.6 is 0 Å². The molecule has 0 atom stereocenters. The van der Waals surface area contributed by atoms with Gasteiger partial charge in [-0.15, -0.1) is 0 Å². The third-order valence-corrected chi connectivity index (χ3v) is 4.65. The Balaban J connectivity index is 2.24. The topological polar surface area (TPSA) is 72.4 Å². The molecular formula is C14H17N3O3S. The van der Waals surface area contributed by atoms with Crippen molar-refractivity contribution < 1.29 is 13.2 Å². The largest absolute Gasteiger partial charge is 0.478 e. The Morgan fingerprint density at radius 2 is 2.00 bits per heavy atom.